The maximum absolute atomic E-state index is 12.3. The van der Waals surface area contributed by atoms with Crippen LogP contribution in [0.4, 0.5) is 5.69 Å². The zero-order valence-corrected chi connectivity index (χ0v) is 12.0. The number of nitriles is 1. The van der Waals surface area contributed by atoms with Gasteiger partial charge in [0.25, 0.3) is 0 Å². The Morgan fingerprint density at radius 1 is 1.68 bits per heavy atom. The minimum atomic E-state index is -0.729. The van der Waals surface area contributed by atoms with Crippen molar-refractivity contribution in [2.24, 2.45) is 11.1 Å². The lowest BCUT2D eigenvalue weighted by Gasteiger charge is -2.25. The molecule has 1 aromatic rings. The van der Waals surface area contributed by atoms with E-state index in [1.807, 2.05) is 6.07 Å². The van der Waals surface area contributed by atoms with E-state index in [9.17, 15) is 4.79 Å². The van der Waals surface area contributed by atoms with Gasteiger partial charge in [-0.1, -0.05) is 0 Å². The lowest BCUT2D eigenvalue weighted by atomic mass is 9.85. The molecule has 1 aromatic carbocycles. The third-order valence-electron chi connectivity index (χ3n) is 3.38. The smallest absolute Gasteiger partial charge is 0.234 e. The Labute approximate surface area is 119 Å². The molecule has 1 aliphatic rings. The van der Waals surface area contributed by atoms with Crippen LogP contribution in [-0.4, -0.2) is 25.2 Å². The van der Waals surface area contributed by atoms with Crippen LogP contribution < -0.4 is 11.1 Å². The van der Waals surface area contributed by atoms with Crippen molar-refractivity contribution < 1.29 is 9.53 Å². The van der Waals surface area contributed by atoms with Crippen LogP contribution in [0, 0.1) is 16.7 Å². The summed E-state index contributed by atoms with van der Waals surface area (Å²) >= 11 is 3.33. The van der Waals surface area contributed by atoms with Crippen LogP contribution in [0.2, 0.25) is 0 Å². The Balaban J connectivity index is 2.18. The van der Waals surface area contributed by atoms with E-state index < -0.39 is 5.41 Å². The summed E-state index contributed by atoms with van der Waals surface area (Å²) in [6.07, 6.45) is 0. The van der Waals surface area contributed by atoms with Gasteiger partial charge >= 0.3 is 0 Å². The molecule has 100 valence electrons. The fourth-order valence-corrected chi connectivity index (χ4v) is 2.35. The maximum atomic E-state index is 12.3. The molecule has 1 fully saturated rings. The number of hydrogen-bond donors (Lipinski definition) is 2. The van der Waals surface area contributed by atoms with E-state index in [1.165, 1.54) is 0 Å². The largest absolute Gasteiger partial charge is 0.379 e. The fraction of sp³-hybridized carbons (Fsp3) is 0.385. The van der Waals surface area contributed by atoms with Crippen molar-refractivity contribution in [2.75, 3.05) is 18.5 Å². The molecule has 5 nitrogen and oxygen atoms in total. The standard InChI is InChI=1S/C13H14BrN3O2/c1-13(7-19-6-11(13)16)12(18)17-10-3-2-8(5-15)4-9(10)14/h2-4,11H,6-7,16H2,1H3,(H,17,18). The van der Waals surface area contributed by atoms with E-state index in [2.05, 4.69) is 21.2 Å². The second kappa shape index (κ2) is 5.29. The average Bonchev–Trinajstić information content (AvgIpc) is 2.73. The van der Waals surface area contributed by atoms with Gasteiger partial charge in [-0.15, -0.1) is 0 Å². The summed E-state index contributed by atoms with van der Waals surface area (Å²) in [6.45, 7) is 2.49. The van der Waals surface area contributed by atoms with Gasteiger partial charge < -0.3 is 15.8 Å². The quantitative estimate of drug-likeness (QED) is 0.865. The highest BCUT2D eigenvalue weighted by Crippen LogP contribution is 2.30. The highest BCUT2D eigenvalue weighted by atomic mass is 79.9. The van der Waals surface area contributed by atoms with Crippen molar-refractivity contribution in [3.05, 3.63) is 28.2 Å². The fourth-order valence-electron chi connectivity index (χ4n) is 1.87. The second-order valence-electron chi connectivity index (χ2n) is 4.80. The van der Waals surface area contributed by atoms with Crippen LogP contribution in [-0.2, 0) is 9.53 Å². The zero-order chi connectivity index (χ0) is 14.0. The van der Waals surface area contributed by atoms with Gasteiger partial charge in [0.15, 0.2) is 0 Å². The first-order valence-corrected chi connectivity index (χ1v) is 6.61. The molecule has 1 aliphatic heterocycles. The van der Waals surface area contributed by atoms with Crippen molar-refractivity contribution in [3.8, 4) is 6.07 Å². The number of rotatable bonds is 2. The van der Waals surface area contributed by atoms with Gasteiger partial charge in [0.05, 0.1) is 35.9 Å². The van der Waals surface area contributed by atoms with E-state index in [0.29, 0.717) is 28.9 Å². The van der Waals surface area contributed by atoms with Gasteiger partial charge in [0, 0.05) is 10.5 Å². The van der Waals surface area contributed by atoms with Crippen molar-refractivity contribution in [1.29, 1.82) is 5.26 Å². The van der Waals surface area contributed by atoms with E-state index in [0.717, 1.165) is 0 Å². The van der Waals surface area contributed by atoms with E-state index in [-0.39, 0.29) is 11.9 Å². The monoisotopic (exact) mass is 323 g/mol. The summed E-state index contributed by atoms with van der Waals surface area (Å²) in [5.41, 5.74) is 6.32. The number of anilines is 1. The Morgan fingerprint density at radius 2 is 2.42 bits per heavy atom. The molecule has 0 radical (unpaired) electrons. The first-order valence-electron chi connectivity index (χ1n) is 5.82. The number of nitrogens with zero attached hydrogens (tertiary/aromatic N) is 1. The number of amides is 1. The molecule has 0 spiro atoms. The number of carbonyl (C=O) groups excluding carboxylic acids is 1. The van der Waals surface area contributed by atoms with Gasteiger partial charge in [-0.2, -0.15) is 5.26 Å². The first kappa shape index (κ1) is 14.0. The Kier molecular flexibility index (Phi) is 3.90. The third-order valence-corrected chi connectivity index (χ3v) is 4.04. The number of halogens is 1. The average molecular weight is 324 g/mol. The first-order chi connectivity index (χ1) is 8.97. The van der Waals surface area contributed by atoms with Gasteiger partial charge in [-0.25, -0.2) is 0 Å². The normalized spacial score (nSPS) is 25.9. The minimum Gasteiger partial charge on any atom is -0.379 e. The lowest BCUT2D eigenvalue weighted by molar-refractivity contribution is -0.125. The highest BCUT2D eigenvalue weighted by molar-refractivity contribution is 9.10. The van der Waals surface area contributed by atoms with E-state index >= 15 is 0 Å². The van der Waals surface area contributed by atoms with E-state index in [1.54, 1.807) is 25.1 Å². The molecule has 2 atom stereocenters. The van der Waals surface area contributed by atoms with Crippen LogP contribution >= 0.6 is 15.9 Å². The number of nitrogens with two attached hydrogens (primary N) is 1. The number of nitrogens with one attached hydrogen (secondary N) is 1. The number of hydrogen-bond acceptors (Lipinski definition) is 4. The molecular weight excluding hydrogens is 310 g/mol. The summed E-state index contributed by atoms with van der Waals surface area (Å²) < 4.78 is 5.92. The highest BCUT2D eigenvalue weighted by Gasteiger charge is 2.44. The summed E-state index contributed by atoms with van der Waals surface area (Å²) in [7, 11) is 0. The number of benzene rings is 1. The maximum Gasteiger partial charge on any atom is 0.234 e. The van der Waals surface area contributed by atoms with Gasteiger partial charge in [-0.3, -0.25) is 4.79 Å². The summed E-state index contributed by atoms with van der Waals surface area (Å²) in [4.78, 5) is 12.3. The Bertz CT molecular complexity index is 555. The Morgan fingerprint density at radius 3 is 2.95 bits per heavy atom. The van der Waals surface area contributed by atoms with Crippen LogP contribution in [0.3, 0.4) is 0 Å². The summed E-state index contributed by atoms with van der Waals surface area (Å²) in [6, 6.07) is 6.71. The molecule has 2 unspecified atom stereocenters. The van der Waals surface area contributed by atoms with Crippen molar-refractivity contribution in [1.82, 2.24) is 0 Å². The lowest BCUT2D eigenvalue weighted by Crippen LogP contribution is -2.47. The molecule has 6 heteroatoms. The van der Waals surface area contributed by atoms with Crippen LogP contribution in [0.15, 0.2) is 22.7 Å². The molecular formula is C13H14BrN3O2. The van der Waals surface area contributed by atoms with Gasteiger partial charge in [0.2, 0.25) is 5.91 Å². The van der Waals surface area contributed by atoms with Crippen LogP contribution in [0.1, 0.15) is 12.5 Å². The minimum absolute atomic E-state index is 0.178. The predicted octanol–water partition coefficient (Wildman–Crippen LogP) is 1.62. The predicted molar refractivity (Wildman–Crippen MR) is 74.4 cm³/mol. The molecule has 19 heavy (non-hydrogen) atoms. The SMILES string of the molecule is CC1(C(=O)Nc2ccc(C#N)cc2Br)COCC1N. The summed E-state index contributed by atoms with van der Waals surface area (Å²) in [5.74, 6) is -0.178. The van der Waals surface area contributed by atoms with E-state index in [4.69, 9.17) is 15.7 Å². The zero-order valence-electron chi connectivity index (χ0n) is 10.4. The Hall–Kier alpha value is -1.42. The van der Waals surface area contributed by atoms with Crippen LogP contribution in [0.5, 0.6) is 0 Å². The summed E-state index contributed by atoms with van der Waals surface area (Å²) in [5, 5.41) is 11.6. The molecule has 1 saturated heterocycles. The second-order valence-corrected chi connectivity index (χ2v) is 5.65. The number of ether oxygens (including phenoxy) is 1. The van der Waals surface area contributed by atoms with Crippen molar-refractivity contribution in [3.63, 3.8) is 0 Å². The van der Waals surface area contributed by atoms with Crippen molar-refractivity contribution in [2.45, 2.75) is 13.0 Å². The van der Waals surface area contributed by atoms with Gasteiger partial charge in [-0.05, 0) is 41.1 Å². The number of carbonyl (C=O) groups is 1. The molecule has 1 heterocycles. The van der Waals surface area contributed by atoms with Crippen LogP contribution in [0.25, 0.3) is 0 Å². The van der Waals surface area contributed by atoms with Crippen molar-refractivity contribution >= 4 is 27.5 Å². The molecule has 2 rings (SSSR count). The molecule has 3 N–H and O–H groups in total. The van der Waals surface area contributed by atoms with Gasteiger partial charge in [0.1, 0.15) is 0 Å². The third kappa shape index (κ3) is 2.63. The molecule has 1 amide bonds. The molecule has 0 aromatic heterocycles. The topological polar surface area (TPSA) is 88.1 Å². The molecule has 0 aliphatic carbocycles. The molecule has 0 saturated carbocycles. The molecule has 0 bridgehead atoms.